The summed E-state index contributed by atoms with van der Waals surface area (Å²) in [5, 5.41) is 19.6. The predicted molar refractivity (Wildman–Crippen MR) is 71.8 cm³/mol. The first kappa shape index (κ1) is 13.1. The zero-order valence-electron chi connectivity index (χ0n) is 10.7. The molecule has 1 saturated carbocycles. The number of pyridine rings is 1. The molecule has 8 heteroatoms. The first-order valence-corrected chi connectivity index (χ1v) is 6.22. The summed E-state index contributed by atoms with van der Waals surface area (Å²) in [5.41, 5.74) is -0.742. The Morgan fingerprint density at radius 3 is 2.71 bits per heavy atom. The summed E-state index contributed by atoms with van der Waals surface area (Å²) < 4.78 is 6.14. The number of carboxylic acid groups (broad SMARTS) is 1. The highest BCUT2D eigenvalue weighted by molar-refractivity contribution is 5.89. The molecular formula is C13H10N2O6. The summed E-state index contributed by atoms with van der Waals surface area (Å²) >= 11 is 0. The fourth-order valence-electron chi connectivity index (χ4n) is 2.33. The molecule has 0 aliphatic heterocycles. The summed E-state index contributed by atoms with van der Waals surface area (Å²) in [7, 11) is 0. The minimum absolute atomic E-state index is 0.103. The summed E-state index contributed by atoms with van der Waals surface area (Å²) in [5.74, 6) is -0.420. The van der Waals surface area contributed by atoms with Gasteiger partial charge in [-0.1, -0.05) is 6.07 Å². The zero-order valence-corrected chi connectivity index (χ0v) is 10.7. The molecule has 1 aliphatic rings. The van der Waals surface area contributed by atoms with Crippen LogP contribution < -0.4 is 10.2 Å². The lowest BCUT2D eigenvalue weighted by Crippen LogP contribution is -2.17. The quantitative estimate of drug-likeness (QED) is 0.527. The van der Waals surface area contributed by atoms with Gasteiger partial charge in [0.1, 0.15) is 5.39 Å². The topological polar surface area (TPSA) is 112 Å². The molecule has 1 aromatic carbocycles. The summed E-state index contributed by atoms with van der Waals surface area (Å²) in [6.45, 7) is 0. The highest BCUT2D eigenvalue weighted by Crippen LogP contribution is 2.38. The Labute approximate surface area is 117 Å². The first-order chi connectivity index (χ1) is 9.99. The number of hydrogen-bond acceptors (Lipinski definition) is 5. The number of non-ortho nitro benzene ring substituents is 1. The highest BCUT2D eigenvalue weighted by Gasteiger charge is 2.28. The first-order valence-electron chi connectivity index (χ1n) is 6.22. The molecule has 0 saturated heterocycles. The lowest BCUT2D eigenvalue weighted by molar-refractivity contribution is -0.383. The van der Waals surface area contributed by atoms with E-state index in [1.807, 2.05) is 0 Å². The van der Waals surface area contributed by atoms with E-state index in [4.69, 9.17) is 5.11 Å². The largest absolute Gasteiger partial charge is 0.511 e. The van der Waals surface area contributed by atoms with Crippen LogP contribution in [0.1, 0.15) is 18.9 Å². The number of hydrogen-bond donors (Lipinski definition) is 1. The number of nitro benzene ring substituents is 1. The van der Waals surface area contributed by atoms with Crippen molar-refractivity contribution in [2.24, 2.45) is 0 Å². The van der Waals surface area contributed by atoms with Crippen LogP contribution in [0.2, 0.25) is 0 Å². The van der Waals surface area contributed by atoms with Crippen LogP contribution in [0.4, 0.5) is 10.5 Å². The van der Waals surface area contributed by atoms with E-state index in [9.17, 15) is 19.7 Å². The number of ether oxygens (including phenoxy) is 1. The van der Waals surface area contributed by atoms with E-state index >= 15 is 0 Å². The smallest absolute Gasteiger partial charge is 0.449 e. The van der Waals surface area contributed by atoms with Crippen LogP contribution in [0, 0.1) is 10.1 Å². The van der Waals surface area contributed by atoms with Gasteiger partial charge in [0.15, 0.2) is 5.75 Å². The Morgan fingerprint density at radius 2 is 2.14 bits per heavy atom. The Kier molecular flexibility index (Phi) is 2.86. The number of carbonyl (C=O) groups is 1. The van der Waals surface area contributed by atoms with Crippen molar-refractivity contribution in [3.63, 3.8) is 0 Å². The molecule has 1 heterocycles. The Bertz CT molecular complexity index is 821. The van der Waals surface area contributed by atoms with Gasteiger partial charge in [-0.3, -0.25) is 14.9 Å². The van der Waals surface area contributed by atoms with Gasteiger partial charge in [0.25, 0.3) is 5.69 Å². The van der Waals surface area contributed by atoms with E-state index < -0.39 is 22.3 Å². The minimum Gasteiger partial charge on any atom is -0.449 e. The molecule has 21 heavy (non-hydrogen) atoms. The van der Waals surface area contributed by atoms with Gasteiger partial charge < -0.3 is 14.4 Å². The molecule has 0 spiro atoms. The van der Waals surface area contributed by atoms with Gasteiger partial charge in [-0.05, 0) is 18.9 Å². The van der Waals surface area contributed by atoms with E-state index in [2.05, 4.69) is 4.74 Å². The molecule has 8 nitrogen and oxygen atoms in total. The molecule has 0 amide bonds. The maximum Gasteiger partial charge on any atom is 0.511 e. The Hall–Kier alpha value is -2.90. The van der Waals surface area contributed by atoms with Crippen molar-refractivity contribution in [1.82, 2.24) is 4.57 Å². The lowest BCUT2D eigenvalue weighted by atomic mass is 10.1. The van der Waals surface area contributed by atoms with E-state index in [1.54, 1.807) is 10.6 Å². The average molecular weight is 290 g/mol. The van der Waals surface area contributed by atoms with Crippen molar-refractivity contribution in [3.8, 4) is 5.75 Å². The number of fused-ring (bicyclic) bond motifs is 1. The Morgan fingerprint density at radius 1 is 1.43 bits per heavy atom. The molecule has 1 fully saturated rings. The monoisotopic (exact) mass is 290 g/mol. The third kappa shape index (κ3) is 2.20. The number of rotatable bonds is 3. The number of nitro groups is 1. The van der Waals surface area contributed by atoms with E-state index in [-0.39, 0.29) is 17.1 Å². The van der Waals surface area contributed by atoms with Gasteiger partial charge in [0, 0.05) is 12.1 Å². The summed E-state index contributed by atoms with van der Waals surface area (Å²) in [4.78, 5) is 33.4. The highest BCUT2D eigenvalue weighted by atomic mass is 16.7. The maximum atomic E-state index is 12.3. The fourth-order valence-corrected chi connectivity index (χ4v) is 2.33. The average Bonchev–Trinajstić information content (AvgIpc) is 3.25. The second kappa shape index (κ2) is 4.58. The van der Waals surface area contributed by atoms with E-state index in [0.717, 1.165) is 12.8 Å². The number of nitrogens with zero attached hydrogens (tertiary/aromatic N) is 2. The minimum atomic E-state index is -1.63. The summed E-state index contributed by atoms with van der Waals surface area (Å²) in [6, 6.07) is 4.42. The molecule has 0 unspecified atom stereocenters. The lowest BCUT2D eigenvalue weighted by Gasteiger charge is -2.11. The maximum absolute atomic E-state index is 12.3. The van der Waals surface area contributed by atoms with Gasteiger partial charge in [-0.25, -0.2) is 4.79 Å². The molecule has 1 aliphatic carbocycles. The van der Waals surface area contributed by atoms with Gasteiger partial charge in [0.05, 0.1) is 16.6 Å². The van der Waals surface area contributed by atoms with Crippen molar-refractivity contribution in [2.45, 2.75) is 18.9 Å². The van der Waals surface area contributed by atoms with Crippen LogP contribution in [0.3, 0.4) is 0 Å². The second-order valence-corrected chi connectivity index (χ2v) is 4.76. The molecule has 0 atom stereocenters. The van der Waals surface area contributed by atoms with Crippen molar-refractivity contribution >= 4 is 22.7 Å². The molecule has 1 N–H and O–H groups in total. The normalized spacial score (nSPS) is 14.1. The zero-order chi connectivity index (χ0) is 15.1. The van der Waals surface area contributed by atoms with Gasteiger partial charge >= 0.3 is 6.16 Å². The van der Waals surface area contributed by atoms with E-state index in [1.165, 1.54) is 18.3 Å². The second-order valence-electron chi connectivity index (χ2n) is 4.76. The molecule has 0 bridgehead atoms. The van der Waals surface area contributed by atoms with Crippen molar-refractivity contribution < 1.29 is 19.6 Å². The molecule has 3 rings (SSSR count). The summed E-state index contributed by atoms with van der Waals surface area (Å²) in [6.07, 6.45) is 1.41. The Balaban J connectivity index is 2.38. The third-order valence-electron chi connectivity index (χ3n) is 3.34. The third-order valence-corrected chi connectivity index (χ3v) is 3.34. The SMILES string of the molecule is O=C(O)Oc1cn(C2CC2)c2cccc([N+](=O)[O-])c2c1=O. The van der Waals surface area contributed by atoms with Crippen molar-refractivity contribution in [3.05, 3.63) is 44.7 Å². The van der Waals surface area contributed by atoms with Crippen molar-refractivity contribution in [1.29, 1.82) is 0 Å². The standard InChI is InChI=1S/C13H10N2O6/c16-12-10(21-13(17)18)6-14(7-4-5-7)8-2-1-3-9(11(8)12)15(19)20/h1-3,6-7H,4-5H2,(H,17,18). The predicted octanol–water partition coefficient (Wildman–Crippen LogP) is 2.30. The van der Waals surface area contributed by atoms with Crippen LogP contribution >= 0.6 is 0 Å². The van der Waals surface area contributed by atoms with Gasteiger partial charge in [-0.15, -0.1) is 0 Å². The molecule has 1 aromatic heterocycles. The molecule has 108 valence electrons. The van der Waals surface area contributed by atoms with Gasteiger partial charge in [0.2, 0.25) is 5.43 Å². The van der Waals surface area contributed by atoms with Crippen LogP contribution in [0.15, 0.2) is 29.2 Å². The number of aromatic nitrogens is 1. The van der Waals surface area contributed by atoms with E-state index in [0.29, 0.717) is 5.52 Å². The van der Waals surface area contributed by atoms with Crippen LogP contribution in [0.25, 0.3) is 10.9 Å². The van der Waals surface area contributed by atoms with Gasteiger partial charge in [-0.2, -0.15) is 0 Å². The molecule has 2 aromatic rings. The number of benzene rings is 1. The molecule has 0 radical (unpaired) electrons. The van der Waals surface area contributed by atoms with Crippen molar-refractivity contribution in [2.75, 3.05) is 0 Å². The van der Waals surface area contributed by atoms with Crippen LogP contribution in [-0.2, 0) is 0 Å². The fraction of sp³-hybridized carbons (Fsp3) is 0.231. The van der Waals surface area contributed by atoms with Crippen LogP contribution in [0.5, 0.6) is 5.75 Å². The van der Waals surface area contributed by atoms with Crippen LogP contribution in [-0.4, -0.2) is 20.8 Å². The molecular weight excluding hydrogens is 280 g/mol.